The normalized spacial score (nSPS) is 15.3. The third kappa shape index (κ3) is 4.13. The highest BCUT2D eigenvalue weighted by molar-refractivity contribution is 7.89. The van der Waals surface area contributed by atoms with Crippen molar-refractivity contribution in [2.24, 2.45) is 0 Å². The summed E-state index contributed by atoms with van der Waals surface area (Å²) < 4.78 is 32.4. The Morgan fingerprint density at radius 1 is 0.966 bits per heavy atom. The number of rotatable bonds is 4. The number of sulfonamides is 1. The zero-order chi connectivity index (χ0) is 20.4. The second-order valence-electron chi connectivity index (χ2n) is 6.68. The first kappa shape index (κ1) is 19.8. The van der Waals surface area contributed by atoms with E-state index < -0.39 is 10.0 Å². The largest absolute Gasteiger partial charge is 0.379 e. The molecule has 3 aromatic carbocycles. The predicted molar refractivity (Wildman–Crippen MR) is 113 cm³/mol. The summed E-state index contributed by atoms with van der Waals surface area (Å²) in [6.45, 7) is 1.23. The number of ether oxygens (including phenoxy) is 1. The maximum atomic E-state index is 12.9. The van der Waals surface area contributed by atoms with Crippen molar-refractivity contribution in [1.29, 1.82) is 0 Å². The molecule has 1 heterocycles. The molecule has 0 atom stereocenters. The summed E-state index contributed by atoms with van der Waals surface area (Å²) in [6, 6.07) is 17.6. The number of nitrogens with zero attached hydrogens (tertiary/aromatic N) is 1. The van der Waals surface area contributed by atoms with E-state index in [1.54, 1.807) is 18.2 Å². The summed E-state index contributed by atoms with van der Waals surface area (Å²) in [5.41, 5.74) is 0.843. The summed E-state index contributed by atoms with van der Waals surface area (Å²) in [5, 5.41) is 4.86. The predicted octanol–water partition coefficient (Wildman–Crippen LogP) is 3.77. The first-order chi connectivity index (χ1) is 13.9. The van der Waals surface area contributed by atoms with Crippen LogP contribution >= 0.6 is 11.6 Å². The average Bonchev–Trinajstić information content (AvgIpc) is 2.75. The van der Waals surface area contributed by atoms with Crippen LogP contribution in [0.2, 0.25) is 5.02 Å². The molecule has 1 fully saturated rings. The molecule has 0 aliphatic carbocycles. The quantitative estimate of drug-likeness (QED) is 0.683. The highest BCUT2D eigenvalue weighted by Crippen LogP contribution is 2.28. The second-order valence-corrected chi connectivity index (χ2v) is 8.99. The van der Waals surface area contributed by atoms with Gasteiger partial charge in [-0.25, -0.2) is 8.42 Å². The van der Waals surface area contributed by atoms with Gasteiger partial charge in [0, 0.05) is 24.3 Å². The van der Waals surface area contributed by atoms with Crippen molar-refractivity contribution in [3.05, 3.63) is 71.2 Å². The molecule has 1 saturated heterocycles. The number of carbonyl (C=O) groups excluding carboxylic acids is 1. The van der Waals surface area contributed by atoms with Crippen molar-refractivity contribution in [1.82, 2.24) is 4.31 Å². The van der Waals surface area contributed by atoms with E-state index in [9.17, 15) is 13.2 Å². The minimum absolute atomic E-state index is 0.0302. The molecule has 0 aromatic heterocycles. The van der Waals surface area contributed by atoms with Gasteiger partial charge >= 0.3 is 0 Å². The van der Waals surface area contributed by atoms with Crippen molar-refractivity contribution < 1.29 is 17.9 Å². The van der Waals surface area contributed by atoms with Crippen molar-refractivity contribution in [3.63, 3.8) is 0 Å². The van der Waals surface area contributed by atoms with Gasteiger partial charge in [-0.3, -0.25) is 4.79 Å². The van der Waals surface area contributed by atoms with E-state index in [1.165, 1.54) is 16.4 Å². The smallest absolute Gasteiger partial charge is 0.255 e. The van der Waals surface area contributed by atoms with Crippen LogP contribution in [0.4, 0.5) is 5.69 Å². The van der Waals surface area contributed by atoms with E-state index in [2.05, 4.69) is 5.32 Å². The number of morpholine rings is 1. The lowest BCUT2D eigenvalue weighted by atomic mass is 10.1. The zero-order valence-corrected chi connectivity index (χ0v) is 17.0. The molecule has 1 N–H and O–H groups in total. The van der Waals surface area contributed by atoms with Crippen molar-refractivity contribution in [2.45, 2.75) is 4.90 Å². The monoisotopic (exact) mass is 430 g/mol. The number of amides is 1. The Balaban J connectivity index is 1.60. The molecule has 0 saturated carbocycles. The van der Waals surface area contributed by atoms with E-state index >= 15 is 0 Å². The van der Waals surface area contributed by atoms with Gasteiger partial charge in [0.05, 0.1) is 18.2 Å². The lowest BCUT2D eigenvalue weighted by Gasteiger charge is -2.26. The summed E-state index contributed by atoms with van der Waals surface area (Å²) in [6.07, 6.45) is 0. The standard InChI is InChI=1S/C21H19ClN2O4S/c22-19-8-7-18(14-20(19)29(26,27)24-9-11-28-12-10-24)23-21(25)17-6-5-15-3-1-2-4-16(15)13-17/h1-8,13-14H,9-12H2,(H,23,25). The third-order valence-corrected chi connectivity index (χ3v) is 7.17. The van der Waals surface area contributed by atoms with Crippen molar-refractivity contribution >= 4 is 44.0 Å². The molecule has 0 bridgehead atoms. The van der Waals surface area contributed by atoms with Gasteiger partial charge in [0.15, 0.2) is 0 Å². The van der Waals surface area contributed by atoms with Gasteiger partial charge in [0.2, 0.25) is 10.0 Å². The summed E-state index contributed by atoms with van der Waals surface area (Å²) in [7, 11) is -3.77. The number of fused-ring (bicyclic) bond motifs is 1. The Labute approximate surface area is 174 Å². The number of anilines is 1. The van der Waals surface area contributed by atoms with Gasteiger partial charge in [0.1, 0.15) is 4.90 Å². The summed E-state index contributed by atoms with van der Waals surface area (Å²) in [4.78, 5) is 12.7. The van der Waals surface area contributed by atoms with Gasteiger partial charge < -0.3 is 10.1 Å². The number of carbonyl (C=O) groups is 1. The van der Waals surface area contributed by atoms with Crippen LogP contribution in [0, 0.1) is 0 Å². The number of benzene rings is 3. The first-order valence-electron chi connectivity index (χ1n) is 9.13. The molecule has 29 heavy (non-hydrogen) atoms. The second kappa shape index (κ2) is 8.12. The van der Waals surface area contributed by atoms with E-state index in [0.29, 0.717) is 24.5 Å². The van der Waals surface area contributed by atoms with Gasteiger partial charge in [0.25, 0.3) is 5.91 Å². The lowest BCUT2D eigenvalue weighted by molar-refractivity contribution is 0.0730. The third-order valence-electron chi connectivity index (χ3n) is 4.79. The highest BCUT2D eigenvalue weighted by atomic mass is 35.5. The molecule has 3 aromatic rings. The van der Waals surface area contributed by atoms with E-state index in [1.807, 2.05) is 30.3 Å². The summed E-state index contributed by atoms with van der Waals surface area (Å²) >= 11 is 6.17. The van der Waals surface area contributed by atoms with Gasteiger partial charge in [-0.15, -0.1) is 0 Å². The Morgan fingerprint density at radius 2 is 1.69 bits per heavy atom. The Hall–Kier alpha value is -2.45. The van der Waals surface area contributed by atoms with Gasteiger partial charge in [-0.1, -0.05) is 41.9 Å². The Bertz CT molecular complexity index is 1170. The molecule has 8 heteroatoms. The van der Waals surface area contributed by atoms with Gasteiger partial charge in [-0.05, 0) is 41.1 Å². The molecule has 0 unspecified atom stereocenters. The molecule has 1 amide bonds. The molecule has 6 nitrogen and oxygen atoms in total. The molecular formula is C21H19ClN2O4S. The zero-order valence-electron chi connectivity index (χ0n) is 15.5. The molecule has 150 valence electrons. The number of hydrogen-bond donors (Lipinski definition) is 1. The fraction of sp³-hybridized carbons (Fsp3) is 0.190. The molecular weight excluding hydrogens is 412 g/mol. The van der Waals surface area contributed by atoms with Crippen LogP contribution in [0.1, 0.15) is 10.4 Å². The number of halogens is 1. The minimum Gasteiger partial charge on any atom is -0.379 e. The fourth-order valence-electron chi connectivity index (χ4n) is 3.24. The van der Waals surface area contributed by atoms with Crippen LogP contribution in [-0.2, 0) is 14.8 Å². The van der Waals surface area contributed by atoms with E-state index in [0.717, 1.165) is 10.8 Å². The Morgan fingerprint density at radius 3 is 2.45 bits per heavy atom. The fourth-order valence-corrected chi connectivity index (χ4v) is 5.15. The maximum absolute atomic E-state index is 12.9. The van der Waals surface area contributed by atoms with Crippen LogP contribution in [0.25, 0.3) is 10.8 Å². The van der Waals surface area contributed by atoms with Crippen LogP contribution < -0.4 is 5.32 Å². The molecule has 0 spiro atoms. The molecule has 4 rings (SSSR count). The van der Waals surface area contributed by atoms with Crippen molar-refractivity contribution in [2.75, 3.05) is 31.6 Å². The Kier molecular flexibility index (Phi) is 5.56. The average molecular weight is 431 g/mol. The number of hydrogen-bond acceptors (Lipinski definition) is 4. The van der Waals surface area contributed by atoms with Crippen LogP contribution in [0.3, 0.4) is 0 Å². The van der Waals surface area contributed by atoms with Crippen molar-refractivity contribution in [3.8, 4) is 0 Å². The number of nitrogens with one attached hydrogen (secondary N) is 1. The van der Waals surface area contributed by atoms with Crippen LogP contribution in [-0.4, -0.2) is 44.9 Å². The molecule has 1 aliphatic rings. The SMILES string of the molecule is O=C(Nc1ccc(Cl)c(S(=O)(=O)N2CCOCC2)c1)c1ccc2ccccc2c1. The van der Waals surface area contributed by atoms with E-state index in [-0.39, 0.29) is 28.9 Å². The van der Waals surface area contributed by atoms with E-state index in [4.69, 9.17) is 16.3 Å². The minimum atomic E-state index is -3.77. The molecule has 1 aliphatic heterocycles. The topological polar surface area (TPSA) is 75.7 Å². The first-order valence-corrected chi connectivity index (χ1v) is 10.9. The highest BCUT2D eigenvalue weighted by Gasteiger charge is 2.28. The molecule has 0 radical (unpaired) electrons. The van der Waals surface area contributed by atoms with Gasteiger partial charge in [-0.2, -0.15) is 4.31 Å². The van der Waals surface area contributed by atoms with Crippen LogP contribution in [0.5, 0.6) is 0 Å². The van der Waals surface area contributed by atoms with Crippen LogP contribution in [0.15, 0.2) is 65.6 Å². The maximum Gasteiger partial charge on any atom is 0.255 e. The summed E-state index contributed by atoms with van der Waals surface area (Å²) in [5.74, 6) is -0.326. The lowest BCUT2D eigenvalue weighted by Crippen LogP contribution is -2.40.